The number of nitrogens with zero attached hydrogens (tertiary/aromatic N) is 2. The molecule has 2 N–H and O–H groups in total. The first-order valence-electron chi connectivity index (χ1n) is 6.65. The Kier molecular flexibility index (Phi) is 5.49. The lowest BCUT2D eigenvalue weighted by Crippen LogP contribution is -2.29. The maximum atomic E-state index is 11.7. The molecule has 0 radical (unpaired) electrons. The third kappa shape index (κ3) is 4.62. The summed E-state index contributed by atoms with van der Waals surface area (Å²) in [6.07, 6.45) is 1.89. The van der Waals surface area contributed by atoms with Gasteiger partial charge in [-0.1, -0.05) is 37.3 Å². The van der Waals surface area contributed by atoms with Gasteiger partial charge >= 0.3 is 0 Å². The standard InChI is InChI=1S/C14H18N4OS/c1-2-6-12-17-14(20-18-12)16-10-13(19)15-9-11-7-4-3-5-8-11/h3-5,7-8H,2,6,9-10H2,1H3,(H,15,19)(H,16,17,18). The van der Waals surface area contributed by atoms with Crippen LogP contribution >= 0.6 is 11.5 Å². The van der Waals surface area contributed by atoms with E-state index in [4.69, 9.17) is 0 Å². The van der Waals surface area contributed by atoms with Gasteiger partial charge in [-0.15, -0.1) is 0 Å². The summed E-state index contributed by atoms with van der Waals surface area (Å²) in [6, 6.07) is 9.83. The predicted molar refractivity (Wildman–Crippen MR) is 80.7 cm³/mol. The van der Waals surface area contributed by atoms with Gasteiger partial charge in [0.25, 0.3) is 0 Å². The van der Waals surface area contributed by atoms with Crippen LogP contribution in [0, 0.1) is 0 Å². The second-order valence-corrected chi connectivity index (χ2v) is 5.13. The monoisotopic (exact) mass is 290 g/mol. The van der Waals surface area contributed by atoms with Gasteiger partial charge in [0, 0.05) is 24.5 Å². The number of hydrogen-bond donors (Lipinski definition) is 2. The molecule has 0 saturated heterocycles. The van der Waals surface area contributed by atoms with Crippen molar-refractivity contribution >= 4 is 22.6 Å². The van der Waals surface area contributed by atoms with Crippen molar-refractivity contribution in [1.82, 2.24) is 14.7 Å². The molecule has 0 unspecified atom stereocenters. The number of carbonyl (C=O) groups is 1. The Bertz CT molecular complexity index is 541. The Morgan fingerprint density at radius 2 is 2.10 bits per heavy atom. The van der Waals surface area contributed by atoms with Gasteiger partial charge in [0.05, 0.1) is 6.54 Å². The molecule has 0 aliphatic carbocycles. The third-order valence-corrected chi connectivity index (χ3v) is 3.38. The Hall–Kier alpha value is -1.95. The summed E-state index contributed by atoms with van der Waals surface area (Å²) in [4.78, 5) is 16.0. The fourth-order valence-electron chi connectivity index (χ4n) is 1.67. The summed E-state index contributed by atoms with van der Waals surface area (Å²) in [5, 5.41) is 6.55. The summed E-state index contributed by atoms with van der Waals surface area (Å²) < 4.78 is 4.21. The molecule has 0 spiro atoms. The molecule has 106 valence electrons. The molecule has 1 aromatic carbocycles. The minimum absolute atomic E-state index is 0.0545. The summed E-state index contributed by atoms with van der Waals surface area (Å²) in [7, 11) is 0. The SMILES string of the molecule is CCCc1nsc(NCC(=O)NCc2ccccc2)n1. The van der Waals surface area contributed by atoms with E-state index in [1.165, 1.54) is 11.5 Å². The zero-order valence-corrected chi connectivity index (χ0v) is 12.2. The lowest BCUT2D eigenvalue weighted by Gasteiger charge is -2.05. The molecule has 2 aromatic rings. The molecule has 1 amide bonds. The zero-order valence-electron chi connectivity index (χ0n) is 11.4. The summed E-state index contributed by atoms with van der Waals surface area (Å²) >= 11 is 1.29. The highest BCUT2D eigenvalue weighted by molar-refractivity contribution is 7.09. The van der Waals surface area contributed by atoms with E-state index in [1.54, 1.807) is 0 Å². The largest absolute Gasteiger partial charge is 0.351 e. The molecule has 6 heteroatoms. The van der Waals surface area contributed by atoms with Crippen LogP contribution in [0.3, 0.4) is 0 Å². The maximum Gasteiger partial charge on any atom is 0.239 e. The molecular formula is C14H18N4OS. The lowest BCUT2D eigenvalue weighted by molar-refractivity contribution is -0.119. The molecule has 0 saturated carbocycles. The molecule has 1 heterocycles. The van der Waals surface area contributed by atoms with E-state index in [9.17, 15) is 4.79 Å². The predicted octanol–water partition coefficient (Wildman–Crippen LogP) is 2.22. The van der Waals surface area contributed by atoms with Crippen LogP contribution in [0.5, 0.6) is 0 Å². The number of amides is 1. The van der Waals surface area contributed by atoms with Crippen molar-refractivity contribution in [2.45, 2.75) is 26.3 Å². The summed E-state index contributed by atoms with van der Waals surface area (Å²) in [5.41, 5.74) is 1.09. The van der Waals surface area contributed by atoms with E-state index >= 15 is 0 Å². The number of carbonyl (C=O) groups excluding carboxylic acids is 1. The van der Waals surface area contributed by atoms with Crippen LogP contribution in [0.1, 0.15) is 24.7 Å². The normalized spacial score (nSPS) is 10.2. The van der Waals surface area contributed by atoms with Crippen molar-refractivity contribution in [2.75, 3.05) is 11.9 Å². The average Bonchev–Trinajstić information content (AvgIpc) is 2.92. The minimum Gasteiger partial charge on any atom is -0.351 e. The number of aryl methyl sites for hydroxylation is 1. The smallest absolute Gasteiger partial charge is 0.239 e. The van der Waals surface area contributed by atoms with Crippen molar-refractivity contribution in [2.24, 2.45) is 0 Å². The highest BCUT2D eigenvalue weighted by Crippen LogP contribution is 2.11. The molecule has 2 rings (SSSR count). The van der Waals surface area contributed by atoms with E-state index in [0.717, 1.165) is 24.2 Å². The van der Waals surface area contributed by atoms with Crippen molar-refractivity contribution in [3.05, 3.63) is 41.7 Å². The van der Waals surface area contributed by atoms with E-state index in [0.29, 0.717) is 11.7 Å². The third-order valence-electron chi connectivity index (χ3n) is 2.67. The van der Waals surface area contributed by atoms with Crippen LogP contribution in [0.2, 0.25) is 0 Å². The van der Waals surface area contributed by atoms with Gasteiger partial charge in [-0.05, 0) is 12.0 Å². The van der Waals surface area contributed by atoms with Crippen LogP contribution in [-0.4, -0.2) is 21.8 Å². The van der Waals surface area contributed by atoms with Crippen molar-refractivity contribution in [3.63, 3.8) is 0 Å². The van der Waals surface area contributed by atoms with E-state index < -0.39 is 0 Å². The quantitative estimate of drug-likeness (QED) is 0.820. The van der Waals surface area contributed by atoms with Crippen molar-refractivity contribution in [3.8, 4) is 0 Å². The van der Waals surface area contributed by atoms with Crippen LogP contribution in [-0.2, 0) is 17.8 Å². The molecule has 0 bridgehead atoms. The molecule has 20 heavy (non-hydrogen) atoms. The maximum absolute atomic E-state index is 11.7. The summed E-state index contributed by atoms with van der Waals surface area (Å²) in [5.74, 6) is 0.783. The number of nitrogens with one attached hydrogen (secondary N) is 2. The number of hydrogen-bond acceptors (Lipinski definition) is 5. The Morgan fingerprint density at radius 1 is 1.30 bits per heavy atom. The zero-order chi connectivity index (χ0) is 14.2. The van der Waals surface area contributed by atoms with E-state index in [-0.39, 0.29) is 12.5 Å². The van der Waals surface area contributed by atoms with Crippen molar-refractivity contribution < 1.29 is 4.79 Å². The first kappa shape index (κ1) is 14.5. The number of benzene rings is 1. The average molecular weight is 290 g/mol. The van der Waals surface area contributed by atoms with Crippen molar-refractivity contribution in [1.29, 1.82) is 0 Å². The fraction of sp³-hybridized carbons (Fsp3) is 0.357. The van der Waals surface area contributed by atoms with Crippen LogP contribution < -0.4 is 10.6 Å². The second kappa shape index (κ2) is 7.59. The second-order valence-electron chi connectivity index (χ2n) is 4.38. The molecular weight excluding hydrogens is 272 g/mol. The topological polar surface area (TPSA) is 66.9 Å². The first-order valence-corrected chi connectivity index (χ1v) is 7.42. The fourth-order valence-corrected chi connectivity index (χ4v) is 2.27. The molecule has 0 fully saturated rings. The van der Waals surface area contributed by atoms with Gasteiger partial charge in [-0.25, -0.2) is 4.98 Å². The van der Waals surface area contributed by atoms with E-state index in [1.807, 2.05) is 30.3 Å². The number of aromatic nitrogens is 2. The van der Waals surface area contributed by atoms with E-state index in [2.05, 4.69) is 26.9 Å². The van der Waals surface area contributed by atoms with Gasteiger partial charge in [-0.2, -0.15) is 4.37 Å². The van der Waals surface area contributed by atoms with Crippen LogP contribution in [0.4, 0.5) is 5.13 Å². The molecule has 0 aliphatic heterocycles. The highest BCUT2D eigenvalue weighted by Gasteiger charge is 2.05. The van der Waals surface area contributed by atoms with Gasteiger partial charge < -0.3 is 10.6 Å². The first-order chi connectivity index (χ1) is 9.78. The Labute approximate surface area is 122 Å². The highest BCUT2D eigenvalue weighted by atomic mass is 32.1. The summed E-state index contributed by atoms with van der Waals surface area (Å²) in [6.45, 7) is 2.84. The number of rotatable bonds is 7. The Morgan fingerprint density at radius 3 is 2.85 bits per heavy atom. The minimum atomic E-state index is -0.0545. The molecule has 5 nitrogen and oxygen atoms in total. The molecule has 0 atom stereocenters. The van der Waals surface area contributed by atoms with Gasteiger partial charge in [0.1, 0.15) is 5.82 Å². The van der Waals surface area contributed by atoms with Crippen LogP contribution in [0.15, 0.2) is 30.3 Å². The van der Waals surface area contributed by atoms with Gasteiger partial charge in [-0.3, -0.25) is 4.79 Å². The van der Waals surface area contributed by atoms with Crippen LogP contribution in [0.25, 0.3) is 0 Å². The Balaban J connectivity index is 1.71. The number of anilines is 1. The molecule has 0 aliphatic rings. The van der Waals surface area contributed by atoms with Gasteiger partial charge in [0.2, 0.25) is 11.0 Å². The molecule has 1 aromatic heterocycles. The van der Waals surface area contributed by atoms with Gasteiger partial charge in [0.15, 0.2) is 0 Å². The lowest BCUT2D eigenvalue weighted by atomic mass is 10.2.